The number of amides is 1. The van der Waals surface area contributed by atoms with Crippen LogP contribution in [0.4, 0.5) is 0 Å². The van der Waals surface area contributed by atoms with Crippen LogP contribution < -0.4 is 29.3 Å². The lowest BCUT2D eigenvalue weighted by Gasteiger charge is -2.30. The molecule has 0 radical (unpaired) electrons. The van der Waals surface area contributed by atoms with E-state index in [1.807, 2.05) is 12.1 Å². The molecule has 3 N–H and O–H groups in total. The number of methoxy groups -OCH3 is 3. The number of carbonyl (C=O) groups is 1. The minimum absolute atomic E-state index is 0.156. The summed E-state index contributed by atoms with van der Waals surface area (Å²) in [5, 5.41) is 3.01. The first kappa shape index (κ1) is 21.3. The van der Waals surface area contributed by atoms with Gasteiger partial charge in [0.25, 0.3) is 5.91 Å². The van der Waals surface area contributed by atoms with Crippen molar-refractivity contribution < 1.29 is 28.8 Å². The molecule has 0 spiro atoms. The number of nitrogens with one attached hydrogen (secondary N) is 3. The molecule has 2 rings (SSSR count). The number of carbonyl (C=O) groups excluding carboxylic acids is 1. The molecule has 1 amide bonds. The maximum atomic E-state index is 12.0. The van der Waals surface area contributed by atoms with Crippen LogP contribution >= 0.6 is 0 Å². The van der Waals surface area contributed by atoms with Crippen molar-refractivity contribution in [1.82, 2.24) is 5.32 Å². The van der Waals surface area contributed by atoms with Crippen LogP contribution in [0.25, 0.3) is 0 Å². The molecule has 1 heterocycles. The lowest BCUT2D eigenvalue weighted by atomic mass is 10.1. The first-order chi connectivity index (χ1) is 13.0. The number of benzene rings is 1. The Morgan fingerprint density at radius 3 is 2.19 bits per heavy atom. The molecule has 7 heteroatoms. The van der Waals surface area contributed by atoms with E-state index >= 15 is 0 Å². The highest BCUT2D eigenvalue weighted by Gasteiger charge is 2.26. The fourth-order valence-corrected chi connectivity index (χ4v) is 3.49. The van der Waals surface area contributed by atoms with Crippen molar-refractivity contribution >= 4 is 5.91 Å². The summed E-state index contributed by atoms with van der Waals surface area (Å²) in [6.07, 6.45) is 0. The maximum absolute atomic E-state index is 12.0. The Balaban J connectivity index is 1.89. The van der Waals surface area contributed by atoms with Crippen LogP contribution in [-0.4, -0.2) is 66.5 Å². The summed E-state index contributed by atoms with van der Waals surface area (Å²) in [6, 6.07) is 3.97. The molecule has 27 heavy (non-hydrogen) atoms. The largest absolute Gasteiger partial charge is 0.493 e. The Morgan fingerprint density at radius 2 is 1.63 bits per heavy atom. The number of hydrogen-bond acceptors (Lipinski definition) is 4. The quantitative estimate of drug-likeness (QED) is 0.501. The second-order valence-corrected chi connectivity index (χ2v) is 7.54. The second-order valence-electron chi connectivity index (χ2n) is 7.54. The van der Waals surface area contributed by atoms with Gasteiger partial charge < -0.3 is 29.3 Å². The third-order valence-electron chi connectivity index (χ3n) is 5.01. The first-order valence-electron chi connectivity index (χ1n) is 9.70. The van der Waals surface area contributed by atoms with Gasteiger partial charge in [0, 0.05) is 6.54 Å². The summed E-state index contributed by atoms with van der Waals surface area (Å²) >= 11 is 0. The van der Waals surface area contributed by atoms with E-state index in [2.05, 4.69) is 19.2 Å². The molecule has 0 aromatic heterocycles. The SMILES string of the molecule is COc1ccc(C[NH+]2CC[NH+](CC(=O)NCC(C)C)CC2)c(OC)c1OC. The number of rotatable bonds is 9. The fourth-order valence-electron chi connectivity index (χ4n) is 3.49. The maximum Gasteiger partial charge on any atom is 0.275 e. The van der Waals surface area contributed by atoms with Gasteiger partial charge in [-0.05, 0) is 18.1 Å². The number of quaternary nitrogens is 2. The molecule has 1 aliphatic rings. The van der Waals surface area contributed by atoms with Crippen molar-refractivity contribution in [2.24, 2.45) is 5.92 Å². The van der Waals surface area contributed by atoms with Crippen LogP contribution in [0.1, 0.15) is 19.4 Å². The number of piperazine rings is 1. The Labute approximate surface area is 162 Å². The van der Waals surface area contributed by atoms with E-state index in [4.69, 9.17) is 14.2 Å². The van der Waals surface area contributed by atoms with E-state index in [1.54, 1.807) is 21.3 Å². The van der Waals surface area contributed by atoms with Gasteiger partial charge in [0.2, 0.25) is 5.75 Å². The van der Waals surface area contributed by atoms with Gasteiger partial charge in [-0.25, -0.2) is 0 Å². The minimum Gasteiger partial charge on any atom is -0.493 e. The molecule has 1 aromatic rings. The summed E-state index contributed by atoms with van der Waals surface area (Å²) in [4.78, 5) is 14.9. The minimum atomic E-state index is 0.156. The smallest absolute Gasteiger partial charge is 0.275 e. The van der Waals surface area contributed by atoms with Gasteiger partial charge in [-0.3, -0.25) is 4.79 Å². The van der Waals surface area contributed by atoms with Crippen molar-refractivity contribution in [3.05, 3.63) is 17.7 Å². The van der Waals surface area contributed by atoms with Crippen LogP contribution in [0.5, 0.6) is 17.2 Å². The van der Waals surface area contributed by atoms with Crippen LogP contribution in [0.15, 0.2) is 12.1 Å². The highest BCUT2D eigenvalue weighted by molar-refractivity contribution is 5.76. The zero-order valence-electron chi connectivity index (χ0n) is 17.3. The molecule has 1 aliphatic heterocycles. The third kappa shape index (κ3) is 6.01. The summed E-state index contributed by atoms with van der Waals surface area (Å²) < 4.78 is 16.4. The van der Waals surface area contributed by atoms with Crippen molar-refractivity contribution in [2.45, 2.75) is 20.4 Å². The molecule has 0 unspecified atom stereocenters. The van der Waals surface area contributed by atoms with Gasteiger partial charge in [0.05, 0.1) is 26.9 Å². The van der Waals surface area contributed by atoms with Crippen molar-refractivity contribution in [3.8, 4) is 17.2 Å². The summed E-state index contributed by atoms with van der Waals surface area (Å²) in [7, 11) is 4.92. The van der Waals surface area contributed by atoms with Gasteiger partial charge in [-0.1, -0.05) is 13.8 Å². The fraction of sp³-hybridized carbons (Fsp3) is 0.650. The van der Waals surface area contributed by atoms with Crippen LogP contribution in [0.3, 0.4) is 0 Å². The Morgan fingerprint density at radius 1 is 1.00 bits per heavy atom. The predicted octanol–water partition coefficient (Wildman–Crippen LogP) is -1.23. The molecule has 152 valence electrons. The van der Waals surface area contributed by atoms with E-state index in [-0.39, 0.29) is 5.91 Å². The Hall–Kier alpha value is -1.99. The molecule has 1 saturated heterocycles. The number of hydrogen-bond donors (Lipinski definition) is 3. The highest BCUT2D eigenvalue weighted by Crippen LogP contribution is 2.39. The van der Waals surface area contributed by atoms with Crippen molar-refractivity contribution in [2.75, 3.05) is 60.6 Å². The highest BCUT2D eigenvalue weighted by atomic mass is 16.5. The molecule has 1 aromatic carbocycles. The summed E-state index contributed by atoms with van der Waals surface area (Å²) in [5.74, 6) is 2.70. The molecule has 0 bridgehead atoms. The Kier molecular flexibility index (Phi) is 8.19. The zero-order chi connectivity index (χ0) is 19.8. The van der Waals surface area contributed by atoms with Crippen LogP contribution in [-0.2, 0) is 11.3 Å². The van der Waals surface area contributed by atoms with E-state index in [0.717, 1.165) is 50.6 Å². The lowest BCUT2D eigenvalue weighted by molar-refractivity contribution is -1.02. The average Bonchev–Trinajstić information content (AvgIpc) is 2.67. The lowest BCUT2D eigenvalue weighted by Crippen LogP contribution is -3.28. The summed E-state index contributed by atoms with van der Waals surface area (Å²) in [5.41, 5.74) is 1.11. The predicted molar refractivity (Wildman–Crippen MR) is 104 cm³/mol. The van der Waals surface area contributed by atoms with Gasteiger partial charge in [0.15, 0.2) is 18.0 Å². The Bertz CT molecular complexity index is 613. The van der Waals surface area contributed by atoms with E-state index in [9.17, 15) is 4.79 Å². The molecule has 7 nitrogen and oxygen atoms in total. The average molecular weight is 382 g/mol. The normalized spacial score (nSPS) is 19.6. The molecule has 0 aliphatic carbocycles. The van der Waals surface area contributed by atoms with Crippen LogP contribution in [0, 0.1) is 5.92 Å². The van der Waals surface area contributed by atoms with Crippen molar-refractivity contribution in [1.29, 1.82) is 0 Å². The standard InChI is InChI=1S/C20H33N3O4/c1-15(2)12-21-18(24)14-23-10-8-22(9-11-23)13-16-6-7-17(25-3)20(27-5)19(16)26-4/h6-7,15H,8-14H2,1-5H3,(H,21,24)/p+2. The van der Waals surface area contributed by atoms with Gasteiger partial charge in [0.1, 0.15) is 32.7 Å². The topological polar surface area (TPSA) is 65.7 Å². The van der Waals surface area contributed by atoms with Crippen molar-refractivity contribution in [3.63, 3.8) is 0 Å². The number of ether oxygens (including phenoxy) is 3. The van der Waals surface area contributed by atoms with E-state index < -0.39 is 0 Å². The zero-order valence-corrected chi connectivity index (χ0v) is 17.3. The third-order valence-corrected chi connectivity index (χ3v) is 5.01. The monoisotopic (exact) mass is 381 g/mol. The molecular weight excluding hydrogens is 346 g/mol. The molecule has 0 atom stereocenters. The first-order valence-corrected chi connectivity index (χ1v) is 9.70. The second kappa shape index (κ2) is 10.4. The van der Waals surface area contributed by atoms with Gasteiger partial charge >= 0.3 is 0 Å². The van der Waals surface area contributed by atoms with Gasteiger partial charge in [-0.15, -0.1) is 0 Å². The molecule has 0 saturated carbocycles. The van der Waals surface area contributed by atoms with E-state index in [0.29, 0.717) is 24.0 Å². The van der Waals surface area contributed by atoms with Crippen LogP contribution in [0.2, 0.25) is 0 Å². The van der Waals surface area contributed by atoms with Gasteiger partial charge in [-0.2, -0.15) is 0 Å². The molecular formula is C20H35N3O4+2. The molecule has 1 fully saturated rings. The summed E-state index contributed by atoms with van der Waals surface area (Å²) in [6.45, 7) is 10.5. The van der Waals surface area contributed by atoms with E-state index in [1.165, 1.54) is 9.80 Å².